The topological polar surface area (TPSA) is 28.3 Å². The number of alkyl halides is 1. The Morgan fingerprint density at radius 3 is 2.51 bits per heavy atom. The van der Waals surface area contributed by atoms with Gasteiger partial charge in [0.05, 0.1) is 6.67 Å². The Hall–Kier alpha value is -2.89. The fraction of sp³-hybridized carbons (Fsp3) is 0.355. The molecule has 1 aliphatic heterocycles. The molecule has 194 valence electrons. The van der Waals surface area contributed by atoms with Crippen LogP contribution in [0.25, 0.3) is 10.9 Å². The van der Waals surface area contributed by atoms with Gasteiger partial charge in [0.2, 0.25) is 0 Å². The van der Waals surface area contributed by atoms with E-state index in [-0.39, 0.29) is 24.3 Å². The summed E-state index contributed by atoms with van der Waals surface area (Å²) < 4.78 is 32.6. The van der Waals surface area contributed by atoms with Crippen LogP contribution in [0.15, 0.2) is 72.8 Å². The summed E-state index contributed by atoms with van der Waals surface area (Å²) in [6, 6.07) is 23.4. The molecule has 3 nitrogen and oxygen atoms in total. The van der Waals surface area contributed by atoms with Gasteiger partial charge in [0.1, 0.15) is 18.2 Å². The first-order valence-corrected chi connectivity index (χ1v) is 13.3. The minimum atomic E-state index is -0.465. The number of likely N-dealkylation sites (tertiary alicyclic amines) is 1. The Morgan fingerprint density at radius 1 is 1.08 bits per heavy atom. The maximum atomic E-state index is 13.9. The number of aromatic nitrogens is 1. The number of nitrogens with zero attached hydrogens (tertiary/aromatic N) is 1. The lowest BCUT2D eigenvalue weighted by molar-refractivity contribution is 0.0668. The molecule has 3 aromatic carbocycles. The molecule has 6 heteroatoms. The summed E-state index contributed by atoms with van der Waals surface area (Å²) in [7, 11) is 0. The minimum absolute atomic E-state index is 0.00435. The molecular weight excluding hydrogens is 490 g/mol. The molecule has 1 fully saturated rings. The number of ether oxygens (including phenoxy) is 1. The fourth-order valence-corrected chi connectivity index (χ4v) is 6.07. The van der Waals surface area contributed by atoms with E-state index in [1.165, 1.54) is 12.1 Å². The predicted octanol–water partition coefficient (Wildman–Crippen LogP) is 7.74. The Labute approximate surface area is 222 Å². The van der Waals surface area contributed by atoms with Crippen LogP contribution in [-0.4, -0.2) is 42.8 Å². The third kappa shape index (κ3) is 5.12. The van der Waals surface area contributed by atoms with E-state index < -0.39 is 5.41 Å². The normalized spacial score (nSPS) is 16.9. The molecule has 1 saturated heterocycles. The van der Waals surface area contributed by atoms with Crippen molar-refractivity contribution in [3.63, 3.8) is 0 Å². The zero-order valence-electron chi connectivity index (χ0n) is 21.3. The fourth-order valence-electron chi connectivity index (χ4n) is 5.77. The lowest BCUT2D eigenvalue weighted by Gasteiger charge is -2.38. The van der Waals surface area contributed by atoms with Gasteiger partial charge in [0.15, 0.2) is 0 Å². The van der Waals surface area contributed by atoms with Crippen molar-refractivity contribution in [1.29, 1.82) is 0 Å². The molecule has 0 saturated carbocycles. The van der Waals surface area contributed by atoms with Crippen molar-refractivity contribution >= 4 is 22.5 Å². The Balaban J connectivity index is 1.46. The SMILES string of the molecule is CCC(c1ccc(F)cc1Cl)C(C)(c1ccc(OCCN2CC(CF)C2)cc1)c1cc2ccccc2[nH]1. The van der Waals surface area contributed by atoms with E-state index >= 15 is 0 Å². The number of para-hydroxylation sites is 1. The molecule has 0 aliphatic carbocycles. The van der Waals surface area contributed by atoms with Gasteiger partial charge >= 0.3 is 0 Å². The van der Waals surface area contributed by atoms with Crippen LogP contribution in [0.2, 0.25) is 5.02 Å². The summed E-state index contributed by atoms with van der Waals surface area (Å²) in [5, 5.41) is 1.58. The Kier molecular flexibility index (Phi) is 7.55. The number of hydrogen-bond donors (Lipinski definition) is 1. The second-order valence-corrected chi connectivity index (χ2v) is 10.7. The van der Waals surface area contributed by atoms with Gasteiger partial charge in [-0.1, -0.05) is 54.9 Å². The van der Waals surface area contributed by atoms with Gasteiger partial charge in [0.25, 0.3) is 0 Å². The van der Waals surface area contributed by atoms with Gasteiger partial charge in [-0.25, -0.2) is 4.39 Å². The van der Waals surface area contributed by atoms with Gasteiger partial charge in [-0.15, -0.1) is 0 Å². The first kappa shape index (κ1) is 25.7. The van der Waals surface area contributed by atoms with Crippen molar-refractivity contribution < 1.29 is 13.5 Å². The molecule has 5 rings (SSSR count). The highest BCUT2D eigenvalue weighted by atomic mass is 35.5. The molecular formula is C31H33ClF2N2O. The maximum Gasteiger partial charge on any atom is 0.124 e. The standard InChI is InChI=1S/C31H33ClF2N2O/c1-3-27(26-13-10-24(34)17-28(26)32)31(2,30-16-22-6-4-5-7-29(22)35-30)23-8-11-25(12-9-23)37-15-14-36-19-21(18-33)20-36/h4-13,16-17,21,27,35H,3,14-15,18-20H2,1-2H3. The molecule has 37 heavy (non-hydrogen) atoms. The van der Waals surface area contributed by atoms with E-state index in [0.717, 1.165) is 59.5 Å². The number of hydrogen-bond acceptors (Lipinski definition) is 2. The van der Waals surface area contributed by atoms with Gasteiger partial charge in [0, 0.05) is 47.2 Å². The van der Waals surface area contributed by atoms with Crippen LogP contribution >= 0.6 is 11.6 Å². The van der Waals surface area contributed by atoms with Crippen LogP contribution in [0.5, 0.6) is 5.75 Å². The molecule has 0 amide bonds. The van der Waals surface area contributed by atoms with Crippen molar-refractivity contribution in [1.82, 2.24) is 9.88 Å². The lowest BCUT2D eigenvalue weighted by Crippen LogP contribution is -2.49. The minimum Gasteiger partial charge on any atom is -0.492 e. The molecule has 4 aromatic rings. The first-order chi connectivity index (χ1) is 17.9. The molecule has 2 unspecified atom stereocenters. The average Bonchev–Trinajstić information content (AvgIpc) is 3.32. The zero-order chi connectivity index (χ0) is 26.0. The van der Waals surface area contributed by atoms with E-state index in [9.17, 15) is 8.78 Å². The summed E-state index contributed by atoms with van der Waals surface area (Å²) >= 11 is 6.61. The second kappa shape index (κ2) is 10.8. The van der Waals surface area contributed by atoms with E-state index in [4.69, 9.17) is 16.3 Å². The van der Waals surface area contributed by atoms with Crippen LogP contribution in [0.1, 0.15) is 43.0 Å². The smallest absolute Gasteiger partial charge is 0.124 e. The summed E-state index contributed by atoms with van der Waals surface area (Å²) in [5.74, 6) is 0.645. The lowest BCUT2D eigenvalue weighted by atomic mass is 9.66. The number of rotatable bonds is 10. The van der Waals surface area contributed by atoms with Crippen molar-refractivity contribution in [3.8, 4) is 5.75 Å². The third-order valence-electron chi connectivity index (χ3n) is 7.91. The van der Waals surface area contributed by atoms with E-state index in [1.807, 2.05) is 30.3 Å². The summed E-state index contributed by atoms with van der Waals surface area (Å²) in [5.41, 5.74) is 3.73. The van der Waals surface area contributed by atoms with Crippen molar-refractivity contribution in [2.75, 3.05) is 32.9 Å². The predicted molar refractivity (Wildman–Crippen MR) is 147 cm³/mol. The van der Waals surface area contributed by atoms with Crippen LogP contribution in [-0.2, 0) is 5.41 Å². The molecule has 1 aromatic heterocycles. The molecule has 0 bridgehead atoms. The highest BCUT2D eigenvalue weighted by Gasteiger charge is 2.40. The Morgan fingerprint density at radius 2 is 1.84 bits per heavy atom. The largest absolute Gasteiger partial charge is 0.492 e. The molecule has 0 spiro atoms. The van der Waals surface area contributed by atoms with Gasteiger partial charge in [-0.05, 0) is 72.2 Å². The van der Waals surface area contributed by atoms with Crippen LogP contribution < -0.4 is 4.74 Å². The molecule has 1 N–H and O–H groups in total. The summed E-state index contributed by atoms with van der Waals surface area (Å²) in [6.07, 6.45) is 0.811. The Bertz CT molecular complexity index is 1320. The number of aromatic amines is 1. The third-order valence-corrected chi connectivity index (χ3v) is 8.24. The highest BCUT2D eigenvalue weighted by molar-refractivity contribution is 6.31. The molecule has 2 atom stereocenters. The summed E-state index contributed by atoms with van der Waals surface area (Å²) in [6.45, 7) is 7.12. The number of H-pyrrole nitrogens is 1. The van der Waals surface area contributed by atoms with E-state index in [2.05, 4.69) is 54.1 Å². The average molecular weight is 523 g/mol. The first-order valence-electron chi connectivity index (χ1n) is 13.0. The number of benzene rings is 3. The van der Waals surface area contributed by atoms with Gasteiger partial charge in [-0.2, -0.15) is 0 Å². The van der Waals surface area contributed by atoms with E-state index in [1.54, 1.807) is 0 Å². The maximum absolute atomic E-state index is 13.9. The molecule has 2 heterocycles. The highest BCUT2D eigenvalue weighted by Crippen LogP contribution is 2.48. The van der Waals surface area contributed by atoms with Gasteiger partial charge in [-0.3, -0.25) is 9.29 Å². The van der Waals surface area contributed by atoms with Crippen LogP contribution in [0, 0.1) is 11.7 Å². The van der Waals surface area contributed by atoms with Crippen LogP contribution in [0.4, 0.5) is 8.78 Å². The summed E-state index contributed by atoms with van der Waals surface area (Å²) in [4.78, 5) is 5.86. The van der Waals surface area contributed by atoms with Crippen LogP contribution in [0.3, 0.4) is 0 Å². The van der Waals surface area contributed by atoms with Crippen molar-refractivity contribution in [2.45, 2.75) is 31.6 Å². The molecule has 0 radical (unpaired) electrons. The number of fused-ring (bicyclic) bond motifs is 1. The van der Waals surface area contributed by atoms with E-state index in [0.29, 0.717) is 11.6 Å². The van der Waals surface area contributed by atoms with Gasteiger partial charge < -0.3 is 9.72 Å². The quantitative estimate of drug-likeness (QED) is 0.231. The van der Waals surface area contributed by atoms with Crippen molar-refractivity contribution in [2.24, 2.45) is 5.92 Å². The number of nitrogens with one attached hydrogen (secondary N) is 1. The van der Waals surface area contributed by atoms with Crippen molar-refractivity contribution in [3.05, 3.63) is 100 Å². The second-order valence-electron chi connectivity index (χ2n) is 10.3. The monoisotopic (exact) mass is 522 g/mol. The number of halogens is 3. The zero-order valence-corrected chi connectivity index (χ0v) is 22.1. The molecule has 1 aliphatic rings.